The van der Waals surface area contributed by atoms with Gasteiger partial charge in [-0.25, -0.2) is 0 Å². The maximum atomic E-state index is 9.59. The van der Waals surface area contributed by atoms with E-state index in [2.05, 4.69) is 112 Å². The fraction of sp³-hybridized carbons (Fsp3) is 0.826. The molecule has 0 saturated carbocycles. The van der Waals surface area contributed by atoms with Gasteiger partial charge in [0, 0.05) is 55.0 Å². The summed E-state index contributed by atoms with van der Waals surface area (Å²) in [5, 5.41) is 46.7. The Labute approximate surface area is 708 Å². The third-order valence-corrected chi connectivity index (χ3v) is 4.14. The normalized spacial score (nSPS) is 6.02. The molecule has 91 heavy (non-hydrogen) atoms. The summed E-state index contributed by atoms with van der Waals surface area (Å²) in [6.45, 7) is 76.4. The number of ether oxygens (including phenoxy) is 2. The van der Waals surface area contributed by atoms with E-state index < -0.39 is 13.1 Å². The van der Waals surface area contributed by atoms with Crippen LogP contribution in [-0.2, 0) is 43.1 Å². The molecule has 0 heterocycles. The SMILES string of the molecule is Br.C/C=C/CCC.CB(O)O.CC.CC.CC.CC.CC.CC.CC.CC.CC(=O)O.CC=CC.CC=CC.CC=O.CC=O.CC=O.CCBr.CCC.CCCC.CCCCC.CCCCCC.CCO.CCOC.CO.COC(C)=O.O=CO[O-].[B].[H-].[H-].[K+].[K+].[Na+]. The maximum Gasteiger partial charge on any atom is 1.00 e. The maximum absolute atomic E-state index is 9.59. The molecule has 0 atom stereocenters. The molecule has 0 unspecified atom stereocenters. The summed E-state index contributed by atoms with van der Waals surface area (Å²) in [6, 6.07) is 0. The van der Waals surface area contributed by atoms with Crippen LogP contribution < -0.4 is 138 Å². The number of carboxylic acid groups (broad SMARTS) is 1. The topological polar surface area (TPSA) is 254 Å². The van der Waals surface area contributed by atoms with E-state index in [4.69, 9.17) is 54.6 Å². The summed E-state index contributed by atoms with van der Waals surface area (Å²) in [7, 11) is 2.86. The molecule has 0 aromatic carbocycles. The fourth-order valence-corrected chi connectivity index (χ4v) is 1.19. The van der Waals surface area contributed by atoms with Crippen molar-refractivity contribution in [2.24, 2.45) is 0 Å². The van der Waals surface area contributed by atoms with Crippen LogP contribution in [0.25, 0.3) is 0 Å². The standard InChI is InChI=1S/C6H14.C6H12.C5H12.C4H10.2C4H8.C3H6O2.C3H8O.C3H8.C2H5Br.C2H4O2.C2H6O.3C2H4O.8C2H6.CH5BO2.CH2O3.CH4O.B.BrH.2K.Na.2H/c2*1-3-5-6-4-2;1-3-5-4-2;3*1-3-4-2;1-3(4)5-2;1-3-4-2;1-3-2;1-2-3;1-2(3)4;4*1-2-3;8*1-2;1-2(3)4;2-1-4-3;1-2;;;;;;;/h3-6H2,1-2H3;3,5H,4,6H2,1-2H3;3-5H2,1-2H3;3-4H2,1-2H3;2*3-4H,1-2H3;1-2H3;3H2,1-2H3;3H2,1-2H3;2H2,1H3;1H3,(H,3,4);3H,2H2,1H3;3*2H,1H3;8*1-2H3;3-4H,1H3;1,3H;2H,1H3;;1H;;;;;/q;;;;;;;;;;;;;;;;;;;;;;;;;;;;3*+1;2*-1/p-1/b;5-3+;;;;;;;;;;;;;;;;;;;;;;;;;;;;;;;. The van der Waals surface area contributed by atoms with Gasteiger partial charge in [0.15, 0.2) is 0 Å². The van der Waals surface area contributed by atoms with Gasteiger partial charge >= 0.3 is 145 Å². The summed E-state index contributed by atoms with van der Waals surface area (Å²) < 4.78 is 8.65. The van der Waals surface area contributed by atoms with Gasteiger partial charge in [-0.3, -0.25) is 14.4 Å². The van der Waals surface area contributed by atoms with E-state index in [1.807, 2.05) is 177 Å². The first kappa shape index (κ1) is 205. The minimum Gasteiger partial charge on any atom is -1.00 e. The average Bonchev–Trinajstić information content (AvgIpc) is 3.54. The minimum atomic E-state index is -1.17. The third-order valence-electron chi connectivity index (χ3n) is 4.14. The molecule has 0 aromatic rings. The first-order valence-corrected chi connectivity index (χ1v) is 33.5. The van der Waals surface area contributed by atoms with Gasteiger partial charge in [0.25, 0.3) is 12.4 Å². The van der Waals surface area contributed by atoms with Crippen LogP contribution in [-0.4, -0.2) is 118 Å². The van der Waals surface area contributed by atoms with Crippen molar-refractivity contribution in [1.29, 1.82) is 0 Å². The van der Waals surface area contributed by atoms with Crippen molar-refractivity contribution in [3.63, 3.8) is 0 Å². The van der Waals surface area contributed by atoms with Crippen molar-refractivity contribution in [3.05, 3.63) is 36.5 Å². The molecule has 563 valence electrons. The van der Waals surface area contributed by atoms with E-state index in [0.717, 1.165) is 44.8 Å². The van der Waals surface area contributed by atoms with E-state index in [1.165, 1.54) is 119 Å². The van der Waals surface area contributed by atoms with Crippen molar-refractivity contribution in [3.8, 4) is 0 Å². The number of esters is 1. The fourth-order valence-electron chi connectivity index (χ4n) is 1.19. The van der Waals surface area contributed by atoms with Crippen molar-refractivity contribution in [2.45, 2.75) is 347 Å². The molecule has 0 saturated heterocycles. The van der Waals surface area contributed by atoms with Crippen LogP contribution in [0.3, 0.4) is 0 Å². The largest absolute Gasteiger partial charge is 1.00 e. The van der Waals surface area contributed by atoms with Crippen LogP contribution in [0.5, 0.6) is 0 Å². The first-order valence-electron chi connectivity index (χ1n) is 32.4. The van der Waals surface area contributed by atoms with Crippen molar-refractivity contribution >= 4 is 85.7 Å². The Hall–Kier alpha value is 1.76. The Morgan fingerprint density at radius 3 is 0.659 bits per heavy atom. The number of carboxylic acids is 1. The number of carbonyl (C=O) groups is 6. The number of unbranched alkanes of at least 4 members (excludes halogenated alkanes) is 7. The molecule has 3 radical (unpaired) electrons. The Balaban J connectivity index is -0.0000000130. The summed E-state index contributed by atoms with van der Waals surface area (Å²) in [4.78, 5) is 56.3. The van der Waals surface area contributed by atoms with Crippen LogP contribution >= 0.6 is 32.9 Å². The Morgan fingerprint density at radius 2 is 0.637 bits per heavy atom. The molecular formula is C69H174B2Br2K2NaO15. The van der Waals surface area contributed by atoms with Gasteiger partial charge in [-0.1, -0.05) is 303 Å². The van der Waals surface area contributed by atoms with E-state index in [1.54, 1.807) is 14.0 Å². The van der Waals surface area contributed by atoms with Crippen molar-refractivity contribution in [2.75, 3.05) is 39.9 Å². The van der Waals surface area contributed by atoms with E-state index in [0.29, 0.717) is 0 Å². The molecule has 0 aromatic heterocycles. The Morgan fingerprint density at radius 1 is 0.505 bits per heavy atom. The van der Waals surface area contributed by atoms with Gasteiger partial charge in [-0.05, 0) is 82.5 Å². The number of halogens is 2. The molecular weight excluding hydrogens is 1350 g/mol. The second kappa shape index (κ2) is 503. The van der Waals surface area contributed by atoms with Gasteiger partial charge in [0.2, 0.25) is 0 Å². The summed E-state index contributed by atoms with van der Waals surface area (Å²) >= 11 is 3.15. The number of hydrogen-bond donors (Lipinski definition) is 5. The smallest absolute Gasteiger partial charge is 1.00 e. The van der Waals surface area contributed by atoms with Gasteiger partial charge in [0.1, 0.15) is 18.9 Å². The van der Waals surface area contributed by atoms with Crippen LogP contribution in [0, 0.1) is 0 Å². The van der Waals surface area contributed by atoms with Gasteiger partial charge in [0.05, 0.1) is 7.11 Å². The predicted molar refractivity (Wildman–Crippen MR) is 419 cm³/mol. The van der Waals surface area contributed by atoms with Crippen molar-refractivity contribution < 1.29 is 209 Å². The molecule has 0 aliphatic carbocycles. The van der Waals surface area contributed by atoms with Gasteiger partial charge < -0.3 is 62.2 Å². The average molecular weight is 1530 g/mol. The zero-order valence-corrected chi connectivity index (χ0v) is 82.2. The number of hydrogen-bond acceptors (Lipinski definition) is 14. The van der Waals surface area contributed by atoms with E-state index in [-0.39, 0.29) is 180 Å². The number of carbonyl (C=O) groups excluding carboxylic acids is 5. The number of aldehydes is 3. The summed E-state index contributed by atoms with van der Waals surface area (Å²) in [5.74, 6) is -1.08. The number of aliphatic hydroxyl groups excluding tert-OH is 2. The zero-order valence-electron chi connectivity index (χ0n) is 72.6. The van der Waals surface area contributed by atoms with Crippen molar-refractivity contribution in [1.82, 2.24) is 0 Å². The Kier molecular flexibility index (Phi) is 1130. The Bertz CT molecular complexity index is 741. The molecule has 0 amide bonds. The monoisotopic (exact) mass is 1520 g/mol. The molecule has 0 aliphatic heterocycles. The molecule has 22 heteroatoms. The number of alkyl halides is 1. The molecule has 0 bridgehead atoms. The molecule has 5 N–H and O–H groups in total. The summed E-state index contributed by atoms with van der Waals surface area (Å²) in [5.41, 5.74) is 0. The number of methoxy groups -OCH3 is 2. The molecule has 15 nitrogen and oxygen atoms in total. The number of rotatable bonds is 10. The number of aliphatic hydroxyl groups is 2. The quantitative estimate of drug-likeness (QED) is 0.0199. The predicted octanol–water partition coefficient (Wildman–Crippen LogP) is 13.2. The van der Waals surface area contributed by atoms with Crippen LogP contribution in [0.4, 0.5) is 0 Å². The third kappa shape index (κ3) is 2630. The van der Waals surface area contributed by atoms with Crippen LogP contribution in [0.2, 0.25) is 6.82 Å². The second-order valence-corrected chi connectivity index (χ2v) is 12.5. The van der Waals surface area contributed by atoms with Gasteiger partial charge in [-0.15, -0.1) is 17.0 Å². The summed E-state index contributed by atoms with van der Waals surface area (Å²) in [6.07, 6.45) is 30.5. The molecule has 0 aliphatic rings. The molecule has 0 spiro atoms. The minimum absolute atomic E-state index is 0. The number of aliphatic carboxylic acids is 1. The van der Waals surface area contributed by atoms with Crippen LogP contribution in [0.15, 0.2) is 36.5 Å². The molecule has 0 rings (SSSR count). The second-order valence-electron chi connectivity index (χ2n) is 11.4. The van der Waals surface area contributed by atoms with Crippen LogP contribution in [0.1, 0.15) is 343 Å². The molecule has 0 fully saturated rings. The van der Waals surface area contributed by atoms with E-state index in [9.17, 15) is 4.79 Å². The van der Waals surface area contributed by atoms with Gasteiger partial charge in [-0.2, -0.15) is 0 Å². The first-order chi connectivity index (χ1) is 41.0. The van der Waals surface area contributed by atoms with E-state index >= 15 is 0 Å². The number of allylic oxidation sites excluding steroid dienone is 6. The zero-order chi connectivity index (χ0) is 76.5.